The average Bonchev–Trinajstić information content (AvgIpc) is 2.87. The first kappa shape index (κ1) is 25.0. The number of ether oxygens (including phenoxy) is 1. The summed E-state index contributed by atoms with van der Waals surface area (Å²) in [6.07, 6.45) is 6.37. The van der Waals surface area contributed by atoms with Crippen molar-refractivity contribution in [2.45, 2.75) is 31.8 Å². The van der Waals surface area contributed by atoms with Gasteiger partial charge in [-0.3, -0.25) is 4.79 Å². The molecule has 3 aromatic rings. The number of rotatable bonds is 8. The first-order chi connectivity index (χ1) is 17.0. The van der Waals surface area contributed by atoms with Crippen molar-refractivity contribution in [3.8, 4) is 16.9 Å². The zero-order valence-electron chi connectivity index (χ0n) is 20.5. The minimum Gasteiger partial charge on any atom is -0.489 e. The highest BCUT2D eigenvalue weighted by atomic mass is 35.5. The molecule has 4 nitrogen and oxygen atoms in total. The van der Waals surface area contributed by atoms with Crippen molar-refractivity contribution in [2.24, 2.45) is 0 Å². The van der Waals surface area contributed by atoms with Gasteiger partial charge in [0, 0.05) is 18.7 Å². The minimum atomic E-state index is -0.121. The van der Waals surface area contributed by atoms with Crippen LogP contribution in [0.15, 0.2) is 78.4 Å². The summed E-state index contributed by atoms with van der Waals surface area (Å²) >= 11 is 6.45. The maximum absolute atomic E-state index is 12.3. The molecule has 0 radical (unpaired) electrons. The van der Waals surface area contributed by atoms with Crippen molar-refractivity contribution < 1.29 is 9.53 Å². The Morgan fingerprint density at radius 2 is 1.69 bits per heavy atom. The Hall–Kier alpha value is -3.08. The lowest BCUT2D eigenvalue weighted by molar-refractivity contribution is 0.0951. The van der Waals surface area contributed by atoms with E-state index >= 15 is 0 Å². The average molecular weight is 489 g/mol. The zero-order chi connectivity index (χ0) is 24.6. The lowest BCUT2D eigenvalue weighted by Gasteiger charge is -2.25. The fourth-order valence-electron chi connectivity index (χ4n) is 4.27. The molecule has 1 saturated carbocycles. The van der Waals surface area contributed by atoms with Gasteiger partial charge >= 0.3 is 0 Å². The van der Waals surface area contributed by atoms with Crippen LogP contribution in [0.25, 0.3) is 17.2 Å². The predicted octanol–water partition coefficient (Wildman–Crippen LogP) is 6.70. The number of nitrogens with one attached hydrogen (secondary N) is 1. The van der Waals surface area contributed by atoms with E-state index in [0.717, 1.165) is 32.2 Å². The van der Waals surface area contributed by atoms with Gasteiger partial charge < -0.3 is 15.0 Å². The number of benzene rings is 3. The lowest BCUT2D eigenvalue weighted by Crippen LogP contribution is -2.31. The van der Waals surface area contributed by atoms with Gasteiger partial charge in [-0.25, -0.2) is 0 Å². The molecule has 1 aliphatic rings. The van der Waals surface area contributed by atoms with Crippen LogP contribution in [0.2, 0.25) is 5.02 Å². The van der Waals surface area contributed by atoms with Crippen molar-refractivity contribution in [3.63, 3.8) is 0 Å². The maximum atomic E-state index is 12.3. The molecule has 0 aromatic heterocycles. The van der Waals surface area contributed by atoms with E-state index in [4.69, 9.17) is 16.3 Å². The Kier molecular flexibility index (Phi) is 8.62. The summed E-state index contributed by atoms with van der Waals surface area (Å²) in [5.74, 6) is 0.523. The van der Waals surface area contributed by atoms with E-state index in [9.17, 15) is 4.79 Å². The highest BCUT2D eigenvalue weighted by Gasteiger charge is 2.20. The van der Waals surface area contributed by atoms with Crippen LogP contribution in [0.1, 0.15) is 41.6 Å². The predicted molar refractivity (Wildman–Crippen MR) is 145 cm³/mol. The summed E-state index contributed by atoms with van der Waals surface area (Å²) in [7, 11) is 3.95. The first-order valence-electron chi connectivity index (χ1n) is 12.2. The molecule has 5 heteroatoms. The van der Waals surface area contributed by atoms with Crippen LogP contribution < -0.4 is 10.1 Å². The molecule has 0 spiro atoms. The summed E-state index contributed by atoms with van der Waals surface area (Å²) in [5, 5.41) is 3.39. The SMILES string of the molecule is CN(C)CCNC(=O)c1ccc(OC2CCC(=Cc3ccc(-c4ccccc4)cc3)CC2)c(Cl)c1. The van der Waals surface area contributed by atoms with Crippen molar-refractivity contribution in [3.05, 3.63) is 94.5 Å². The molecule has 0 saturated heterocycles. The quantitative estimate of drug-likeness (QED) is 0.383. The summed E-state index contributed by atoms with van der Waals surface area (Å²) in [6, 6.07) is 24.5. The van der Waals surface area contributed by atoms with Crippen LogP contribution in [0.3, 0.4) is 0 Å². The van der Waals surface area contributed by atoms with Gasteiger partial charge in [0.15, 0.2) is 0 Å². The second-order valence-electron chi connectivity index (χ2n) is 9.31. The molecule has 1 aliphatic carbocycles. The number of hydrogen-bond donors (Lipinski definition) is 1. The van der Waals surface area contributed by atoms with Gasteiger partial charge in [0.2, 0.25) is 0 Å². The molecule has 182 valence electrons. The highest BCUT2D eigenvalue weighted by Crippen LogP contribution is 2.32. The first-order valence-corrected chi connectivity index (χ1v) is 12.6. The Morgan fingerprint density at radius 3 is 2.34 bits per heavy atom. The Labute approximate surface area is 213 Å². The van der Waals surface area contributed by atoms with Crippen LogP contribution in [-0.4, -0.2) is 44.1 Å². The van der Waals surface area contributed by atoms with Gasteiger partial charge in [0.05, 0.1) is 11.1 Å². The second-order valence-corrected chi connectivity index (χ2v) is 9.72. The molecule has 0 unspecified atom stereocenters. The largest absolute Gasteiger partial charge is 0.489 e. The van der Waals surface area contributed by atoms with E-state index in [1.54, 1.807) is 12.1 Å². The fourth-order valence-corrected chi connectivity index (χ4v) is 4.50. The van der Waals surface area contributed by atoms with E-state index in [1.165, 1.54) is 22.3 Å². The fraction of sp³-hybridized carbons (Fsp3) is 0.300. The number of halogens is 1. The van der Waals surface area contributed by atoms with Gasteiger partial charge in [-0.05, 0) is 74.7 Å². The number of likely N-dealkylation sites (N-methyl/N-ethyl adjacent to an activating group) is 1. The molecule has 35 heavy (non-hydrogen) atoms. The van der Waals surface area contributed by atoms with Crippen LogP contribution >= 0.6 is 11.6 Å². The number of carbonyl (C=O) groups is 1. The van der Waals surface area contributed by atoms with Gasteiger partial charge in [-0.2, -0.15) is 0 Å². The maximum Gasteiger partial charge on any atom is 0.251 e. The monoisotopic (exact) mass is 488 g/mol. The number of nitrogens with zero attached hydrogens (tertiary/aromatic N) is 1. The normalized spacial score (nSPS) is 15.7. The third kappa shape index (κ3) is 7.20. The molecule has 0 bridgehead atoms. The van der Waals surface area contributed by atoms with E-state index in [0.29, 0.717) is 22.9 Å². The van der Waals surface area contributed by atoms with Gasteiger partial charge in [0.1, 0.15) is 5.75 Å². The van der Waals surface area contributed by atoms with Crippen molar-refractivity contribution in [1.82, 2.24) is 10.2 Å². The van der Waals surface area contributed by atoms with Gasteiger partial charge in [0.25, 0.3) is 5.91 Å². The molecule has 0 aliphatic heterocycles. The Balaban J connectivity index is 1.29. The molecule has 1 amide bonds. The zero-order valence-corrected chi connectivity index (χ0v) is 21.2. The van der Waals surface area contributed by atoms with Crippen molar-refractivity contribution >= 4 is 23.6 Å². The smallest absolute Gasteiger partial charge is 0.251 e. The van der Waals surface area contributed by atoms with Crippen molar-refractivity contribution in [1.29, 1.82) is 0 Å². The summed E-state index contributed by atoms with van der Waals surface area (Å²) in [4.78, 5) is 14.3. The van der Waals surface area contributed by atoms with E-state index in [2.05, 4.69) is 59.9 Å². The van der Waals surface area contributed by atoms with Gasteiger partial charge in [-0.15, -0.1) is 0 Å². The van der Waals surface area contributed by atoms with E-state index < -0.39 is 0 Å². The Bertz CT molecular complexity index is 1150. The van der Waals surface area contributed by atoms with Crippen molar-refractivity contribution in [2.75, 3.05) is 27.2 Å². The summed E-state index contributed by atoms with van der Waals surface area (Å²) in [6.45, 7) is 1.38. The number of amides is 1. The molecule has 3 aromatic carbocycles. The lowest BCUT2D eigenvalue weighted by atomic mass is 9.91. The Morgan fingerprint density at radius 1 is 1.00 bits per heavy atom. The van der Waals surface area contributed by atoms with E-state index in [1.807, 2.05) is 31.1 Å². The molecule has 4 rings (SSSR count). The minimum absolute atomic E-state index is 0.121. The second kappa shape index (κ2) is 12.1. The number of hydrogen-bond acceptors (Lipinski definition) is 3. The molecular formula is C30H33ClN2O2. The number of allylic oxidation sites excluding steroid dienone is 1. The van der Waals surface area contributed by atoms with Crippen LogP contribution in [0.4, 0.5) is 0 Å². The molecule has 1 N–H and O–H groups in total. The topological polar surface area (TPSA) is 41.6 Å². The highest BCUT2D eigenvalue weighted by molar-refractivity contribution is 6.32. The summed E-state index contributed by atoms with van der Waals surface area (Å²) in [5.41, 5.74) is 5.71. The van der Waals surface area contributed by atoms with Crippen LogP contribution in [0, 0.1) is 0 Å². The molecular weight excluding hydrogens is 456 g/mol. The van der Waals surface area contributed by atoms with Crippen LogP contribution in [-0.2, 0) is 0 Å². The molecule has 0 heterocycles. The third-order valence-corrected chi connectivity index (χ3v) is 6.59. The molecule has 1 fully saturated rings. The third-order valence-electron chi connectivity index (χ3n) is 6.30. The van der Waals surface area contributed by atoms with E-state index in [-0.39, 0.29) is 12.0 Å². The van der Waals surface area contributed by atoms with Gasteiger partial charge in [-0.1, -0.05) is 77.8 Å². The molecule has 0 atom stereocenters. The summed E-state index contributed by atoms with van der Waals surface area (Å²) < 4.78 is 6.20. The van der Waals surface area contributed by atoms with Crippen LogP contribution in [0.5, 0.6) is 5.75 Å². The number of carbonyl (C=O) groups excluding carboxylic acids is 1. The standard InChI is InChI=1S/C30H33ClN2O2/c1-33(2)19-18-32-30(34)26-14-17-29(28(31)21-26)35-27-15-10-23(11-16-27)20-22-8-12-25(13-9-22)24-6-4-3-5-7-24/h3-9,12-14,17,20-21,27H,10-11,15-16,18-19H2,1-2H3,(H,32,34).